The molecule has 1 unspecified atom stereocenters. The maximum absolute atomic E-state index is 13.5. The quantitative estimate of drug-likeness (QED) is 0.222. The molecule has 0 fully saturated rings. The number of anilines is 3. The fourth-order valence-corrected chi connectivity index (χ4v) is 5.03. The number of carboxylic acid groups (broad SMARTS) is 1. The summed E-state index contributed by atoms with van der Waals surface area (Å²) in [6.07, 6.45) is -0.434. The van der Waals surface area contributed by atoms with Crippen molar-refractivity contribution < 1.29 is 24.4 Å². The molecule has 1 atom stereocenters. The van der Waals surface area contributed by atoms with Crippen molar-refractivity contribution in [1.29, 1.82) is 0 Å². The molecule has 0 aliphatic carbocycles. The highest BCUT2D eigenvalue weighted by molar-refractivity contribution is 6.06. The molecule has 2 amide bonds. The number of carbonyl (C=O) groups is 3. The number of fused-ring (bicyclic) bond motifs is 1. The number of hydrogen-bond donors (Lipinski definition) is 4. The molecule has 0 radical (unpaired) electrons. The van der Waals surface area contributed by atoms with Crippen LogP contribution < -0.4 is 20.9 Å². The van der Waals surface area contributed by atoms with Crippen molar-refractivity contribution >= 4 is 46.5 Å². The van der Waals surface area contributed by atoms with E-state index in [1.807, 2.05) is 0 Å². The normalized spacial score (nSPS) is 14.5. The van der Waals surface area contributed by atoms with Crippen molar-refractivity contribution in [2.75, 3.05) is 42.7 Å². The minimum Gasteiger partial charge on any atom is -0.481 e. The average Bonchev–Trinajstić information content (AvgIpc) is 3.59. The number of nitrogens with one attached hydrogen (secondary N) is 3. The molecule has 0 bridgehead atoms. The van der Waals surface area contributed by atoms with Crippen molar-refractivity contribution in [3.8, 4) is 0 Å². The van der Waals surface area contributed by atoms with E-state index in [4.69, 9.17) is 0 Å². The predicted octanol–water partition coefficient (Wildman–Crippen LogP) is 3.46. The van der Waals surface area contributed by atoms with Crippen LogP contribution in [0.5, 0.6) is 0 Å². The van der Waals surface area contributed by atoms with Crippen LogP contribution in [0, 0.1) is 10.1 Å². The van der Waals surface area contributed by atoms with Gasteiger partial charge in [-0.1, -0.05) is 12.1 Å². The lowest BCUT2D eigenvalue weighted by atomic mass is 10.0. The van der Waals surface area contributed by atoms with Gasteiger partial charge in [0.2, 0.25) is 0 Å². The lowest BCUT2D eigenvalue weighted by molar-refractivity contribution is -0.384. The van der Waals surface area contributed by atoms with Gasteiger partial charge in [-0.05, 0) is 53.6 Å². The molecule has 42 heavy (non-hydrogen) atoms. The van der Waals surface area contributed by atoms with Crippen LogP contribution in [-0.2, 0) is 11.3 Å². The average molecular weight is 572 g/mol. The third kappa shape index (κ3) is 5.84. The van der Waals surface area contributed by atoms with Gasteiger partial charge in [0.1, 0.15) is 5.69 Å². The Labute approximate surface area is 241 Å². The molecule has 0 saturated heterocycles. The van der Waals surface area contributed by atoms with Gasteiger partial charge in [-0.15, -0.1) is 0 Å². The second-order valence-corrected chi connectivity index (χ2v) is 10.1. The van der Waals surface area contributed by atoms with Crippen molar-refractivity contribution in [2.45, 2.75) is 19.0 Å². The van der Waals surface area contributed by atoms with Crippen molar-refractivity contribution in [3.05, 3.63) is 93.0 Å². The van der Waals surface area contributed by atoms with Crippen LogP contribution in [0.25, 0.3) is 0 Å². The SMILES string of the molecule is CN(C)c1ccc(C(CC(=O)O)N2Cc3ccc(NC(=O)c4ccc(NC5=NCCN5)cc4)cc3C2=O)cc1[N+](=O)[O-]. The van der Waals surface area contributed by atoms with Crippen LogP contribution in [0.3, 0.4) is 0 Å². The van der Waals surface area contributed by atoms with Crippen LogP contribution in [-0.4, -0.2) is 65.9 Å². The highest BCUT2D eigenvalue weighted by Crippen LogP contribution is 2.38. The molecule has 2 aliphatic rings. The summed E-state index contributed by atoms with van der Waals surface area (Å²) in [6, 6.07) is 15.4. The molecule has 13 nitrogen and oxygen atoms in total. The Morgan fingerprint density at radius 1 is 1.12 bits per heavy atom. The molecule has 13 heteroatoms. The largest absolute Gasteiger partial charge is 0.481 e. The summed E-state index contributed by atoms with van der Waals surface area (Å²) in [4.78, 5) is 56.7. The molecule has 2 heterocycles. The molecule has 5 rings (SSSR count). The highest BCUT2D eigenvalue weighted by atomic mass is 16.6. The van der Waals surface area contributed by atoms with Gasteiger partial charge in [-0.25, -0.2) is 0 Å². The van der Waals surface area contributed by atoms with Crippen LogP contribution in [0.15, 0.2) is 65.7 Å². The number of benzene rings is 3. The van der Waals surface area contributed by atoms with Crippen molar-refractivity contribution in [2.24, 2.45) is 4.99 Å². The summed E-state index contributed by atoms with van der Waals surface area (Å²) >= 11 is 0. The van der Waals surface area contributed by atoms with Crippen LogP contribution in [0.2, 0.25) is 0 Å². The number of carboxylic acids is 1. The number of nitro groups is 1. The van der Waals surface area contributed by atoms with E-state index < -0.39 is 29.3 Å². The van der Waals surface area contributed by atoms with E-state index in [0.29, 0.717) is 46.1 Å². The monoisotopic (exact) mass is 571 g/mol. The van der Waals surface area contributed by atoms with E-state index in [1.54, 1.807) is 73.6 Å². The molecule has 0 saturated carbocycles. The Bertz CT molecular complexity index is 1600. The molecule has 2 aliphatic heterocycles. The summed E-state index contributed by atoms with van der Waals surface area (Å²) in [5.74, 6) is -1.26. The molecule has 3 aromatic carbocycles. The predicted molar refractivity (Wildman–Crippen MR) is 157 cm³/mol. The maximum atomic E-state index is 13.5. The van der Waals surface area contributed by atoms with E-state index in [1.165, 1.54) is 11.0 Å². The number of aliphatic imine (C=N–C) groups is 1. The van der Waals surface area contributed by atoms with Gasteiger partial charge in [-0.2, -0.15) is 0 Å². The van der Waals surface area contributed by atoms with Gasteiger partial charge in [0.15, 0.2) is 5.96 Å². The second kappa shape index (κ2) is 11.6. The van der Waals surface area contributed by atoms with Crippen molar-refractivity contribution in [1.82, 2.24) is 10.2 Å². The molecule has 3 aromatic rings. The van der Waals surface area contributed by atoms with Crippen LogP contribution >= 0.6 is 0 Å². The van der Waals surface area contributed by atoms with Crippen LogP contribution in [0.4, 0.5) is 22.7 Å². The van der Waals surface area contributed by atoms with Gasteiger partial charge in [0.25, 0.3) is 17.5 Å². The van der Waals surface area contributed by atoms with E-state index in [-0.39, 0.29) is 18.1 Å². The maximum Gasteiger partial charge on any atom is 0.305 e. The first-order chi connectivity index (χ1) is 20.1. The molecular weight excluding hydrogens is 542 g/mol. The minimum atomic E-state index is -1.15. The number of carbonyl (C=O) groups excluding carboxylic acids is 2. The Morgan fingerprint density at radius 3 is 2.50 bits per heavy atom. The Kier molecular flexibility index (Phi) is 7.74. The fraction of sp³-hybridized carbons (Fsp3) is 0.241. The molecular formula is C29H29N7O6. The summed E-state index contributed by atoms with van der Waals surface area (Å²) in [5.41, 5.74) is 3.11. The molecule has 0 spiro atoms. The number of amides is 2. The Morgan fingerprint density at radius 2 is 1.86 bits per heavy atom. The van der Waals surface area contributed by atoms with Gasteiger partial charge < -0.3 is 30.9 Å². The topological polar surface area (TPSA) is 170 Å². The van der Waals surface area contributed by atoms with E-state index in [0.717, 1.165) is 12.2 Å². The number of rotatable bonds is 9. The zero-order chi connectivity index (χ0) is 30.0. The van der Waals surface area contributed by atoms with Crippen molar-refractivity contribution in [3.63, 3.8) is 0 Å². The van der Waals surface area contributed by atoms with Gasteiger partial charge in [0.05, 0.1) is 23.9 Å². The molecule has 0 aromatic heterocycles. The number of nitrogens with zero attached hydrogens (tertiary/aromatic N) is 4. The van der Waals surface area contributed by atoms with Gasteiger partial charge in [0, 0.05) is 55.8 Å². The first-order valence-corrected chi connectivity index (χ1v) is 13.2. The van der Waals surface area contributed by atoms with Gasteiger partial charge >= 0.3 is 5.97 Å². The third-order valence-electron chi connectivity index (χ3n) is 7.09. The fourth-order valence-electron chi connectivity index (χ4n) is 5.03. The number of nitro benzene ring substituents is 1. The molecule has 4 N–H and O–H groups in total. The van der Waals surface area contributed by atoms with Gasteiger partial charge in [-0.3, -0.25) is 29.5 Å². The van der Waals surface area contributed by atoms with Crippen LogP contribution in [0.1, 0.15) is 44.3 Å². The first kappa shape index (κ1) is 28.1. The standard InChI is InChI=1S/C29H29N7O6/c1-34(2)23-10-6-18(13-25(23)36(41)42)24(15-26(37)38)35-16-19-5-9-21(14-22(19)28(35)40)32-27(39)17-3-7-20(8-4-17)33-29-30-11-12-31-29/h3-10,13-14,24H,11-12,15-16H2,1-2H3,(H,32,39)(H,37,38)(H2,30,31,33). The third-order valence-corrected chi connectivity index (χ3v) is 7.09. The summed E-state index contributed by atoms with van der Waals surface area (Å²) in [5, 5.41) is 30.4. The number of guanidine groups is 1. The first-order valence-electron chi connectivity index (χ1n) is 13.2. The second-order valence-electron chi connectivity index (χ2n) is 10.1. The molecule has 216 valence electrons. The lowest BCUT2D eigenvalue weighted by Crippen LogP contribution is -2.31. The summed E-state index contributed by atoms with van der Waals surface area (Å²) < 4.78 is 0. The van der Waals surface area contributed by atoms with E-state index >= 15 is 0 Å². The van der Waals surface area contributed by atoms with E-state index in [9.17, 15) is 29.6 Å². The van der Waals surface area contributed by atoms with E-state index in [2.05, 4.69) is 20.9 Å². The summed E-state index contributed by atoms with van der Waals surface area (Å²) in [6.45, 7) is 1.60. The summed E-state index contributed by atoms with van der Waals surface area (Å²) in [7, 11) is 3.34. The minimum absolute atomic E-state index is 0.123. The highest BCUT2D eigenvalue weighted by Gasteiger charge is 2.36. The lowest BCUT2D eigenvalue weighted by Gasteiger charge is -2.27. The Balaban J connectivity index is 1.34. The number of hydrogen-bond acceptors (Lipinski definition) is 9. The zero-order valence-corrected chi connectivity index (χ0v) is 23.0. The number of aliphatic carboxylic acids is 1. The Hall–Kier alpha value is -5.46. The smallest absolute Gasteiger partial charge is 0.305 e. The zero-order valence-electron chi connectivity index (χ0n) is 23.0.